The van der Waals surface area contributed by atoms with Crippen LogP contribution in [0.4, 0.5) is 5.69 Å². The molecule has 0 aromatic heterocycles. The lowest BCUT2D eigenvalue weighted by Gasteiger charge is -2.18. The molecule has 0 aliphatic carbocycles. The SMILES string of the molecule is CSc1ccccc1NC(=O)C[NH+](C)CC(=O)N[C@@H](C)c1ccc2ccccc2c1. The van der Waals surface area contributed by atoms with E-state index in [-0.39, 0.29) is 30.9 Å². The number of hydrogen-bond acceptors (Lipinski definition) is 3. The molecule has 3 rings (SSSR count). The van der Waals surface area contributed by atoms with Gasteiger partial charge in [-0.2, -0.15) is 0 Å². The zero-order valence-corrected chi connectivity index (χ0v) is 18.4. The molecule has 3 aromatic carbocycles. The van der Waals surface area contributed by atoms with Gasteiger partial charge in [-0.3, -0.25) is 9.59 Å². The van der Waals surface area contributed by atoms with Crippen LogP contribution in [0.2, 0.25) is 0 Å². The Morgan fingerprint density at radius 3 is 2.37 bits per heavy atom. The number of likely N-dealkylation sites (N-methyl/N-ethyl adjacent to an activating group) is 1. The van der Waals surface area contributed by atoms with Crippen molar-refractivity contribution >= 4 is 40.0 Å². The van der Waals surface area contributed by atoms with Gasteiger partial charge >= 0.3 is 0 Å². The summed E-state index contributed by atoms with van der Waals surface area (Å²) in [4.78, 5) is 26.7. The molecule has 0 aliphatic rings. The highest BCUT2D eigenvalue weighted by Crippen LogP contribution is 2.24. The molecule has 30 heavy (non-hydrogen) atoms. The summed E-state index contributed by atoms with van der Waals surface area (Å²) in [6.07, 6.45) is 1.98. The van der Waals surface area contributed by atoms with Gasteiger partial charge in [-0.05, 0) is 47.7 Å². The standard InChI is InChI=1S/C24H27N3O2S/c1-17(19-13-12-18-8-4-5-9-20(18)14-19)25-23(28)15-27(2)16-24(29)26-21-10-6-7-11-22(21)30-3/h4-14,17H,15-16H2,1-3H3,(H,25,28)(H,26,29)/p+1/t17-/m0/s1. The Hall–Kier alpha value is -2.83. The van der Waals surface area contributed by atoms with E-state index in [1.165, 1.54) is 5.39 Å². The fraction of sp³-hybridized carbons (Fsp3) is 0.250. The number of anilines is 1. The summed E-state index contributed by atoms with van der Waals surface area (Å²) >= 11 is 1.59. The molecule has 0 radical (unpaired) electrons. The Balaban J connectivity index is 1.51. The molecule has 156 valence electrons. The van der Waals surface area contributed by atoms with Crippen molar-refractivity contribution in [2.75, 3.05) is 31.7 Å². The van der Waals surface area contributed by atoms with E-state index in [0.29, 0.717) is 0 Å². The maximum Gasteiger partial charge on any atom is 0.279 e. The van der Waals surface area contributed by atoms with Crippen LogP contribution in [0, 0.1) is 0 Å². The quantitative estimate of drug-likeness (QED) is 0.489. The fourth-order valence-electron chi connectivity index (χ4n) is 3.41. The first-order chi connectivity index (χ1) is 14.5. The van der Waals surface area contributed by atoms with Gasteiger partial charge in [-0.1, -0.05) is 48.5 Å². The Bertz CT molecular complexity index is 1040. The molecule has 6 heteroatoms. The average molecular weight is 423 g/mol. The maximum absolute atomic E-state index is 12.5. The van der Waals surface area contributed by atoms with Crippen LogP contribution in [0.15, 0.2) is 71.6 Å². The first-order valence-electron chi connectivity index (χ1n) is 9.98. The van der Waals surface area contributed by atoms with Crippen molar-refractivity contribution in [3.05, 3.63) is 72.3 Å². The van der Waals surface area contributed by atoms with Crippen LogP contribution < -0.4 is 15.5 Å². The Labute approximate surface area is 181 Å². The molecule has 0 saturated carbocycles. The van der Waals surface area contributed by atoms with Crippen LogP contribution in [0.3, 0.4) is 0 Å². The van der Waals surface area contributed by atoms with Crippen molar-refractivity contribution in [3.63, 3.8) is 0 Å². The third-order valence-corrected chi connectivity index (χ3v) is 5.75. The third-order valence-electron chi connectivity index (χ3n) is 4.96. The summed E-state index contributed by atoms with van der Waals surface area (Å²) < 4.78 is 0. The lowest BCUT2D eigenvalue weighted by atomic mass is 10.0. The summed E-state index contributed by atoms with van der Waals surface area (Å²) in [6, 6.07) is 22.0. The van der Waals surface area contributed by atoms with Crippen LogP contribution in [-0.4, -0.2) is 38.2 Å². The van der Waals surface area contributed by atoms with Gasteiger partial charge in [0.2, 0.25) is 0 Å². The number of amides is 2. The second-order valence-corrected chi connectivity index (χ2v) is 8.30. The van der Waals surface area contributed by atoms with Crippen LogP contribution in [0.1, 0.15) is 18.5 Å². The van der Waals surface area contributed by atoms with Crippen molar-refractivity contribution in [1.82, 2.24) is 5.32 Å². The van der Waals surface area contributed by atoms with Crippen molar-refractivity contribution in [2.24, 2.45) is 0 Å². The molecule has 3 N–H and O–H groups in total. The first kappa shape index (κ1) is 21.9. The van der Waals surface area contributed by atoms with E-state index < -0.39 is 0 Å². The summed E-state index contributed by atoms with van der Waals surface area (Å²) in [5.41, 5.74) is 1.86. The summed E-state index contributed by atoms with van der Waals surface area (Å²) in [5, 5.41) is 8.31. The third kappa shape index (κ3) is 5.84. The number of carbonyl (C=O) groups is 2. The number of thioether (sulfide) groups is 1. The molecule has 0 spiro atoms. The predicted molar refractivity (Wildman–Crippen MR) is 124 cm³/mol. The van der Waals surface area contributed by atoms with Crippen LogP contribution in [0.5, 0.6) is 0 Å². The monoisotopic (exact) mass is 422 g/mol. The highest BCUT2D eigenvalue weighted by Gasteiger charge is 2.17. The zero-order chi connectivity index (χ0) is 21.5. The van der Waals surface area contributed by atoms with Gasteiger partial charge in [-0.15, -0.1) is 11.8 Å². The van der Waals surface area contributed by atoms with E-state index in [0.717, 1.165) is 26.4 Å². The number of carbonyl (C=O) groups excluding carboxylic acids is 2. The number of rotatable bonds is 8. The van der Waals surface area contributed by atoms with E-state index in [1.807, 2.05) is 62.7 Å². The number of hydrogen-bond donors (Lipinski definition) is 3. The molecule has 1 unspecified atom stereocenters. The van der Waals surface area contributed by atoms with Gasteiger partial charge in [0.1, 0.15) is 0 Å². The summed E-state index contributed by atoms with van der Waals surface area (Å²) in [5.74, 6) is -0.185. The van der Waals surface area contributed by atoms with Gasteiger partial charge in [0, 0.05) is 4.90 Å². The van der Waals surface area contributed by atoms with Gasteiger partial charge in [0.05, 0.1) is 18.8 Å². The van der Waals surface area contributed by atoms with Gasteiger partial charge < -0.3 is 15.5 Å². The average Bonchev–Trinajstić information content (AvgIpc) is 2.73. The molecule has 2 amide bonds. The Morgan fingerprint density at radius 1 is 0.933 bits per heavy atom. The molecule has 0 aliphatic heterocycles. The zero-order valence-electron chi connectivity index (χ0n) is 17.6. The number of nitrogens with one attached hydrogen (secondary N) is 3. The Kier molecular flexibility index (Phi) is 7.49. The van der Waals surface area contributed by atoms with Crippen molar-refractivity contribution in [2.45, 2.75) is 17.9 Å². The second kappa shape index (κ2) is 10.3. The van der Waals surface area contributed by atoms with Crippen molar-refractivity contribution in [1.29, 1.82) is 0 Å². The molecule has 0 saturated heterocycles. The molecule has 0 fully saturated rings. The van der Waals surface area contributed by atoms with E-state index in [2.05, 4.69) is 34.9 Å². The van der Waals surface area contributed by atoms with E-state index in [4.69, 9.17) is 0 Å². The molecule has 0 bridgehead atoms. The fourth-order valence-corrected chi connectivity index (χ4v) is 3.96. The van der Waals surface area contributed by atoms with Crippen LogP contribution in [-0.2, 0) is 9.59 Å². The molecule has 5 nitrogen and oxygen atoms in total. The van der Waals surface area contributed by atoms with Crippen molar-refractivity contribution < 1.29 is 14.5 Å². The van der Waals surface area contributed by atoms with E-state index >= 15 is 0 Å². The minimum absolute atomic E-state index is 0.0783. The van der Waals surface area contributed by atoms with E-state index in [1.54, 1.807) is 11.8 Å². The normalized spacial score (nSPS) is 12.9. The molecular weight excluding hydrogens is 394 g/mol. The highest BCUT2D eigenvalue weighted by atomic mass is 32.2. The molecule has 2 atom stereocenters. The lowest BCUT2D eigenvalue weighted by Crippen LogP contribution is -3.11. The van der Waals surface area contributed by atoms with Gasteiger partial charge in [0.15, 0.2) is 13.1 Å². The summed E-state index contributed by atoms with van der Waals surface area (Å²) in [7, 11) is 1.85. The van der Waals surface area contributed by atoms with E-state index in [9.17, 15) is 9.59 Å². The number of quaternary nitrogens is 1. The highest BCUT2D eigenvalue weighted by molar-refractivity contribution is 7.98. The number of para-hydroxylation sites is 1. The minimum atomic E-state index is -0.107. The van der Waals surface area contributed by atoms with Gasteiger partial charge in [0.25, 0.3) is 11.8 Å². The molecule has 3 aromatic rings. The summed E-state index contributed by atoms with van der Waals surface area (Å²) in [6.45, 7) is 2.43. The number of fused-ring (bicyclic) bond motifs is 1. The molecule has 0 heterocycles. The minimum Gasteiger partial charge on any atom is -0.345 e. The van der Waals surface area contributed by atoms with Crippen molar-refractivity contribution in [3.8, 4) is 0 Å². The van der Waals surface area contributed by atoms with Crippen LogP contribution >= 0.6 is 11.8 Å². The lowest BCUT2D eigenvalue weighted by molar-refractivity contribution is -0.862. The maximum atomic E-state index is 12.5. The topological polar surface area (TPSA) is 62.6 Å². The first-order valence-corrected chi connectivity index (χ1v) is 11.2. The molecular formula is C24H28N3O2S+. The second-order valence-electron chi connectivity index (χ2n) is 7.45. The smallest absolute Gasteiger partial charge is 0.279 e. The number of benzene rings is 3. The Morgan fingerprint density at radius 2 is 1.60 bits per heavy atom. The largest absolute Gasteiger partial charge is 0.345 e. The predicted octanol–water partition coefficient (Wildman–Crippen LogP) is 2.89. The van der Waals surface area contributed by atoms with Gasteiger partial charge in [-0.25, -0.2) is 0 Å². The van der Waals surface area contributed by atoms with Crippen LogP contribution in [0.25, 0.3) is 10.8 Å².